The van der Waals surface area contributed by atoms with Gasteiger partial charge in [-0.3, -0.25) is 9.59 Å². The number of nitrogens with one attached hydrogen (secondary N) is 1. The second-order valence-corrected chi connectivity index (χ2v) is 6.41. The lowest BCUT2D eigenvalue weighted by molar-refractivity contribution is -0.133. The van der Waals surface area contributed by atoms with Crippen molar-refractivity contribution in [1.29, 1.82) is 0 Å². The lowest BCUT2D eigenvalue weighted by Gasteiger charge is -2.14. The van der Waals surface area contributed by atoms with E-state index in [1.165, 1.54) is 0 Å². The molecule has 1 amide bonds. The average Bonchev–Trinajstić information content (AvgIpc) is 2.83. The Morgan fingerprint density at radius 3 is 2.48 bits per heavy atom. The molecule has 2 aromatic carbocycles. The number of carbonyl (C=O) groups is 2. The van der Waals surface area contributed by atoms with E-state index in [1.54, 1.807) is 42.5 Å². The largest absolute Gasteiger partial charge is 0.507 e. The Labute approximate surface area is 145 Å². The number of ketones is 1. The third kappa shape index (κ3) is 3.02. The number of rotatable bonds is 2. The number of amides is 1. The fraction of sp³-hybridized carbons (Fsp3) is 0.0588. The van der Waals surface area contributed by atoms with Crippen LogP contribution in [0.15, 0.2) is 58.6 Å². The zero-order valence-corrected chi connectivity index (χ0v) is 14.1. The standard InChI is InChI=1S/C17H11BrClNO3/c18-11-3-1-2-10(8-11)14-13(16(22)17(23)20-14)15(21)9-4-6-12(19)7-5-9/h1-8,14,21H,(H,20,23). The molecule has 2 aromatic rings. The number of aliphatic hydroxyl groups excluding tert-OH is 1. The van der Waals surface area contributed by atoms with Crippen LogP contribution in [-0.4, -0.2) is 16.8 Å². The van der Waals surface area contributed by atoms with E-state index in [1.807, 2.05) is 6.07 Å². The van der Waals surface area contributed by atoms with Crippen molar-refractivity contribution in [3.8, 4) is 0 Å². The maximum Gasteiger partial charge on any atom is 0.293 e. The highest BCUT2D eigenvalue weighted by Crippen LogP contribution is 2.33. The quantitative estimate of drug-likeness (QED) is 0.464. The fourth-order valence-electron chi connectivity index (χ4n) is 2.47. The number of hydrogen-bond donors (Lipinski definition) is 2. The normalized spacial score (nSPS) is 19.7. The molecule has 1 unspecified atom stereocenters. The first-order valence-corrected chi connectivity index (χ1v) is 7.94. The molecule has 0 saturated carbocycles. The summed E-state index contributed by atoms with van der Waals surface area (Å²) in [6.07, 6.45) is 0. The molecule has 0 aliphatic carbocycles. The minimum Gasteiger partial charge on any atom is -0.507 e. The number of aliphatic hydroxyl groups is 1. The van der Waals surface area contributed by atoms with Crippen LogP contribution >= 0.6 is 27.5 Å². The first-order chi connectivity index (χ1) is 11.0. The summed E-state index contributed by atoms with van der Waals surface area (Å²) in [7, 11) is 0. The van der Waals surface area contributed by atoms with Crippen molar-refractivity contribution in [3.63, 3.8) is 0 Å². The second-order valence-electron chi connectivity index (χ2n) is 5.06. The van der Waals surface area contributed by atoms with Crippen LogP contribution in [-0.2, 0) is 9.59 Å². The van der Waals surface area contributed by atoms with Gasteiger partial charge in [-0.15, -0.1) is 0 Å². The van der Waals surface area contributed by atoms with Gasteiger partial charge in [0.15, 0.2) is 0 Å². The Balaban J connectivity index is 2.12. The molecular formula is C17H11BrClNO3. The molecule has 4 nitrogen and oxygen atoms in total. The van der Waals surface area contributed by atoms with Crippen LogP contribution in [0.3, 0.4) is 0 Å². The third-order valence-corrected chi connectivity index (χ3v) is 4.31. The van der Waals surface area contributed by atoms with E-state index in [9.17, 15) is 14.7 Å². The molecule has 116 valence electrons. The molecule has 0 spiro atoms. The van der Waals surface area contributed by atoms with Gasteiger partial charge in [0, 0.05) is 15.1 Å². The van der Waals surface area contributed by atoms with Crippen LogP contribution in [0, 0.1) is 0 Å². The van der Waals surface area contributed by atoms with Crippen LogP contribution in [0.1, 0.15) is 17.2 Å². The number of hydrogen-bond acceptors (Lipinski definition) is 3. The number of Topliss-reactive ketones (excluding diaryl/α,β-unsaturated/α-hetero) is 1. The predicted molar refractivity (Wildman–Crippen MR) is 91.0 cm³/mol. The molecule has 1 fully saturated rings. The van der Waals surface area contributed by atoms with Crippen LogP contribution in [0.5, 0.6) is 0 Å². The summed E-state index contributed by atoms with van der Waals surface area (Å²) in [5, 5.41) is 13.6. The van der Waals surface area contributed by atoms with Gasteiger partial charge in [-0.2, -0.15) is 0 Å². The molecular weight excluding hydrogens is 382 g/mol. The average molecular weight is 393 g/mol. The summed E-state index contributed by atoms with van der Waals surface area (Å²) >= 11 is 9.19. The molecule has 23 heavy (non-hydrogen) atoms. The summed E-state index contributed by atoms with van der Waals surface area (Å²) in [6.45, 7) is 0. The van der Waals surface area contributed by atoms with Gasteiger partial charge in [-0.25, -0.2) is 0 Å². The van der Waals surface area contributed by atoms with Crippen molar-refractivity contribution >= 4 is 45.0 Å². The van der Waals surface area contributed by atoms with Crippen molar-refractivity contribution < 1.29 is 14.7 Å². The minimum atomic E-state index is -0.734. The molecule has 2 N–H and O–H groups in total. The monoisotopic (exact) mass is 391 g/mol. The first-order valence-electron chi connectivity index (χ1n) is 6.77. The molecule has 1 aliphatic rings. The molecule has 1 heterocycles. The topological polar surface area (TPSA) is 66.4 Å². The smallest absolute Gasteiger partial charge is 0.293 e. The summed E-state index contributed by atoms with van der Waals surface area (Å²) in [5.74, 6) is -1.69. The zero-order valence-electron chi connectivity index (χ0n) is 11.7. The number of carbonyl (C=O) groups excluding carboxylic acids is 2. The van der Waals surface area contributed by atoms with Crippen LogP contribution < -0.4 is 5.32 Å². The SMILES string of the molecule is O=C1NC(c2cccc(Br)c2)C(=C(O)c2ccc(Cl)cc2)C1=O. The number of benzene rings is 2. The van der Waals surface area contributed by atoms with E-state index in [2.05, 4.69) is 21.2 Å². The summed E-state index contributed by atoms with van der Waals surface area (Å²) < 4.78 is 0.814. The van der Waals surface area contributed by atoms with Gasteiger partial charge in [-0.05, 0) is 42.0 Å². The second kappa shape index (κ2) is 6.18. The van der Waals surface area contributed by atoms with Gasteiger partial charge >= 0.3 is 0 Å². The molecule has 1 aliphatic heterocycles. The van der Waals surface area contributed by atoms with Crippen LogP contribution in [0.4, 0.5) is 0 Å². The van der Waals surface area contributed by atoms with Crippen LogP contribution in [0.25, 0.3) is 5.76 Å². The van der Waals surface area contributed by atoms with E-state index in [0.717, 1.165) is 4.47 Å². The maximum atomic E-state index is 12.2. The Hall–Kier alpha value is -2.11. The third-order valence-electron chi connectivity index (χ3n) is 3.57. The van der Waals surface area contributed by atoms with Gasteiger partial charge < -0.3 is 10.4 Å². The minimum absolute atomic E-state index is 0.0374. The Bertz CT molecular complexity index is 830. The molecule has 1 atom stereocenters. The van der Waals surface area contributed by atoms with E-state index < -0.39 is 17.7 Å². The molecule has 3 rings (SSSR count). The lowest BCUT2D eigenvalue weighted by atomic mass is 9.96. The van der Waals surface area contributed by atoms with Gasteiger partial charge in [0.25, 0.3) is 11.7 Å². The fourth-order valence-corrected chi connectivity index (χ4v) is 3.01. The number of halogens is 2. The zero-order chi connectivity index (χ0) is 16.6. The highest BCUT2D eigenvalue weighted by Gasteiger charge is 2.39. The van der Waals surface area contributed by atoms with E-state index in [4.69, 9.17) is 11.6 Å². The van der Waals surface area contributed by atoms with Crippen molar-refractivity contribution in [2.24, 2.45) is 0 Å². The maximum absolute atomic E-state index is 12.2. The van der Waals surface area contributed by atoms with Gasteiger partial charge in [-0.1, -0.05) is 39.7 Å². The summed E-state index contributed by atoms with van der Waals surface area (Å²) in [4.78, 5) is 24.0. The Kier molecular flexibility index (Phi) is 4.24. The van der Waals surface area contributed by atoms with Gasteiger partial charge in [0.05, 0.1) is 11.6 Å². The molecule has 0 radical (unpaired) electrons. The molecule has 6 heteroatoms. The molecule has 1 saturated heterocycles. The van der Waals surface area contributed by atoms with Gasteiger partial charge in [0.1, 0.15) is 5.76 Å². The van der Waals surface area contributed by atoms with E-state index in [-0.39, 0.29) is 11.3 Å². The Morgan fingerprint density at radius 2 is 1.83 bits per heavy atom. The van der Waals surface area contributed by atoms with Crippen molar-refractivity contribution in [2.45, 2.75) is 6.04 Å². The van der Waals surface area contributed by atoms with Crippen LogP contribution in [0.2, 0.25) is 5.02 Å². The lowest BCUT2D eigenvalue weighted by Crippen LogP contribution is -2.21. The summed E-state index contributed by atoms with van der Waals surface area (Å²) in [5.41, 5.74) is 1.17. The van der Waals surface area contributed by atoms with Crippen molar-refractivity contribution in [2.75, 3.05) is 0 Å². The van der Waals surface area contributed by atoms with Crippen molar-refractivity contribution in [1.82, 2.24) is 5.32 Å². The molecule has 0 aromatic heterocycles. The van der Waals surface area contributed by atoms with Gasteiger partial charge in [0.2, 0.25) is 0 Å². The summed E-state index contributed by atoms with van der Waals surface area (Å²) in [6, 6.07) is 12.9. The highest BCUT2D eigenvalue weighted by atomic mass is 79.9. The Morgan fingerprint density at radius 1 is 1.13 bits per heavy atom. The van der Waals surface area contributed by atoms with E-state index >= 15 is 0 Å². The van der Waals surface area contributed by atoms with E-state index in [0.29, 0.717) is 16.1 Å². The predicted octanol–water partition coefficient (Wildman–Crippen LogP) is 3.81. The highest BCUT2D eigenvalue weighted by molar-refractivity contribution is 9.10. The first kappa shape index (κ1) is 15.8. The molecule has 0 bridgehead atoms. The van der Waals surface area contributed by atoms with Crippen molar-refractivity contribution in [3.05, 3.63) is 74.7 Å².